The maximum absolute atomic E-state index is 11.4. The Morgan fingerprint density at radius 1 is 1.37 bits per heavy atom. The van der Waals surface area contributed by atoms with Gasteiger partial charge in [-0.3, -0.25) is 0 Å². The molecule has 0 aliphatic carbocycles. The molecule has 0 atom stereocenters. The number of rotatable bonds is 3. The lowest BCUT2D eigenvalue weighted by atomic mass is 10.1. The summed E-state index contributed by atoms with van der Waals surface area (Å²) in [5.74, 6) is 0. The van der Waals surface area contributed by atoms with E-state index in [4.69, 9.17) is 10.00 Å². The fraction of sp³-hybridized carbons (Fsp3) is 0.333. The van der Waals surface area contributed by atoms with Crippen LogP contribution in [0.1, 0.15) is 31.9 Å². The molecule has 0 saturated heterocycles. The summed E-state index contributed by atoms with van der Waals surface area (Å²) in [6.07, 6.45) is 3.26. The molecule has 1 N–H and O–H groups in total. The van der Waals surface area contributed by atoms with Gasteiger partial charge in [0.05, 0.1) is 11.6 Å². The molecule has 4 heteroatoms. The predicted molar refractivity (Wildman–Crippen MR) is 74.4 cm³/mol. The van der Waals surface area contributed by atoms with E-state index in [0.29, 0.717) is 12.1 Å². The van der Waals surface area contributed by atoms with Gasteiger partial charge in [-0.2, -0.15) is 5.26 Å². The van der Waals surface area contributed by atoms with Gasteiger partial charge >= 0.3 is 6.09 Å². The number of nitriles is 1. The summed E-state index contributed by atoms with van der Waals surface area (Å²) in [4.78, 5) is 11.4. The number of alkyl carbamates (subject to hydrolysis) is 1. The monoisotopic (exact) mass is 258 g/mol. The Kier molecular flexibility index (Phi) is 5.13. The van der Waals surface area contributed by atoms with Crippen molar-refractivity contribution in [1.29, 1.82) is 5.26 Å². The lowest BCUT2D eigenvalue weighted by molar-refractivity contribution is 0.0534. The highest BCUT2D eigenvalue weighted by Crippen LogP contribution is 2.07. The zero-order valence-electron chi connectivity index (χ0n) is 11.4. The van der Waals surface area contributed by atoms with E-state index in [1.165, 1.54) is 0 Å². The molecule has 0 bridgehead atoms. The topological polar surface area (TPSA) is 62.1 Å². The van der Waals surface area contributed by atoms with Crippen molar-refractivity contribution in [3.8, 4) is 6.07 Å². The van der Waals surface area contributed by atoms with Crippen LogP contribution in [0.2, 0.25) is 0 Å². The minimum Gasteiger partial charge on any atom is -0.444 e. The van der Waals surface area contributed by atoms with Gasteiger partial charge in [0, 0.05) is 6.54 Å². The number of benzene rings is 1. The zero-order chi connectivity index (χ0) is 14.3. The van der Waals surface area contributed by atoms with Crippen molar-refractivity contribution >= 4 is 12.2 Å². The third kappa shape index (κ3) is 6.27. The summed E-state index contributed by atoms with van der Waals surface area (Å²) in [7, 11) is 0. The largest absolute Gasteiger partial charge is 0.444 e. The Bertz CT molecular complexity index is 490. The number of nitrogens with one attached hydrogen (secondary N) is 1. The Hall–Kier alpha value is -2.28. The fourth-order valence-corrected chi connectivity index (χ4v) is 1.32. The van der Waals surface area contributed by atoms with Crippen molar-refractivity contribution in [3.63, 3.8) is 0 Å². The van der Waals surface area contributed by atoms with E-state index in [9.17, 15) is 4.79 Å². The SMILES string of the molecule is CC(C)(C)OC(=O)NCC=Cc1ccc(C#N)cc1. The van der Waals surface area contributed by atoms with Gasteiger partial charge in [-0.25, -0.2) is 4.79 Å². The summed E-state index contributed by atoms with van der Waals surface area (Å²) in [5.41, 5.74) is 1.12. The average molecular weight is 258 g/mol. The summed E-state index contributed by atoms with van der Waals surface area (Å²) in [6.45, 7) is 5.85. The summed E-state index contributed by atoms with van der Waals surface area (Å²) in [5, 5.41) is 11.3. The Balaban J connectivity index is 2.38. The normalized spacial score (nSPS) is 11.1. The number of nitrogens with zero attached hydrogens (tertiary/aromatic N) is 1. The summed E-state index contributed by atoms with van der Waals surface area (Å²) in [6, 6.07) is 9.26. The van der Waals surface area contributed by atoms with Crippen LogP contribution in [0.3, 0.4) is 0 Å². The molecule has 0 fully saturated rings. The van der Waals surface area contributed by atoms with Crippen LogP contribution in [-0.4, -0.2) is 18.2 Å². The molecular formula is C15H18N2O2. The molecule has 0 aliphatic heterocycles. The van der Waals surface area contributed by atoms with E-state index in [-0.39, 0.29) is 0 Å². The second-order valence-corrected chi connectivity index (χ2v) is 5.02. The van der Waals surface area contributed by atoms with Crippen molar-refractivity contribution in [2.75, 3.05) is 6.54 Å². The molecule has 1 aromatic carbocycles. The van der Waals surface area contributed by atoms with Crippen LogP contribution in [0.5, 0.6) is 0 Å². The lowest BCUT2D eigenvalue weighted by Crippen LogP contribution is -2.32. The van der Waals surface area contributed by atoms with E-state index in [1.807, 2.05) is 45.1 Å². The van der Waals surface area contributed by atoms with Crippen LogP contribution in [0, 0.1) is 11.3 Å². The van der Waals surface area contributed by atoms with Crippen LogP contribution in [0.25, 0.3) is 6.08 Å². The minimum absolute atomic E-state index is 0.398. The predicted octanol–water partition coefficient (Wildman–Crippen LogP) is 3.10. The quantitative estimate of drug-likeness (QED) is 0.906. The highest BCUT2D eigenvalue weighted by Gasteiger charge is 2.14. The van der Waals surface area contributed by atoms with Gasteiger partial charge < -0.3 is 10.1 Å². The molecule has 0 aromatic heterocycles. The van der Waals surface area contributed by atoms with E-state index in [1.54, 1.807) is 12.1 Å². The Labute approximate surface area is 113 Å². The standard InChI is InChI=1S/C15H18N2O2/c1-15(2,3)19-14(18)17-10-4-5-12-6-8-13(11-16)9-7-12/h4-9H,10H2,1-3H3,(H,17,18). The highest BCUT2D eigenvalue weighted by atomic mass is 16.6. The van der Waals surface area contributed by atoms with Crippen molar-refractivity contribution in [2.45, 2.75) is 26.4 Å². The van der Waals surface area contributed by atoms with E-state index in [0.717, 1.165) is 5.56 Å². The van der Waals surface area contributed by atoms with Gasteiger partial charge in [0.2, 0.25) is 0 Å². The molecule has 0 spiro atoms. The molecule has 1 amide bonds. The molecule has 1 aromatic rings. The van der Waals surface area contributed by atoms with Crippen molar-refractivity contribution in [3.05, 3.63) is 41.5 Å². The van der Waals surface area contributed by atoms with Gasteiger partial charge in [0.15, 0.2) is 0 Å². The van der Waals surface area contributed by atoms with Crippen LogP contribution in [-0.2, 0) is 4.74 Å². The zero-order valence-corrected chi connectivity index (χ0v) is 11.4. The van der Waals surface area contributed by atoms with Gasteiger partial charge in [-0.05, 0) is 38.5 Å². The van der Waals surface area contributed by atoms with Gasteiger partial charge in [0.1, 0.15) is 5.60 Å². The number of hydrogen-bond donors (Lipinski definition) is 1. The van der Waals surface area contributed by atoms with E-state index in [2.05, 4.69) is 11.4 Å². The van der Waals surface area contributed by atoms with E-state index < -0.39 is 11.7 Å². The number of carbonyl (C=O) groups excluding carboxylic acids is 1. The van der Waals surface area contributed by atoms with E-state index >= 15 is 0 Å². The second-order valence-electron chi connectivity index (χ2n) is 5.02. The lowest BCUT2D eigenvalue weighted by Gasteiger charge is -2.19. The minimum atomic E-state index is -0.485. The van der Waals surface area contributed by atoms with Crippen molar-refractivity contribution < 1.29 is 9.53 Å². The third-order valence-electron chi connectivity index (χ3n) is 2.11. The Morgan fingerprint density at radius 3 is 2.53 bits per heavy atom. The number of carbonyl (C=O) groups is 1. The van der Waals surface area contributed by atoms with Crippen LogP contribution in [0.4, 0.5) is 4.79 Å². The number of amides is 1. The maximum Gasteiger partial charge on any atom is 0.407 e. The molecule has 100 valence electrons. The molecular weight excluding hydrogens is 240 g/mol. The van der Waals surface area contributed by atoms with Crippen LogP contribution >= 0.6 is 0 Å². The van der Waals surface area contributed by atoms with Crippen molar-refractivity contribution in [2.24, 2.45) is 0 Å². The maximum atomic E-state index is 11.4. The first kappa shape index (κ1) is 14.8. The molecule has 0 radical (unpaired) electrons. The average Bonchev–Trinajstić information content (AvgIpc) is 2.33. The number of ether oxygens (including phenoxy) is 1. The van der Waals surface area contributed by atoms with Crippen molar-refractivity contribution in [1.82, 2.24) is 5.32 Å². The molecule has 19 heavy (non-hydrogen) atoms. The van der Waals surface area contributed by atoms with Crippen LogP contribution < -0.4 is 5.32 Å². The summed E-state index contributed by atoms with van der Waals surface area (Å²) >= 11 is 0. The Morgan fingerprint density at radius 2 is 2.00 bits per heavy atom. The first-order chi connectivity index (χ1) is 8.90. The molecule has 0 heterocycles. The smallest absolute Gasteiger partial charge is 0.407 e. The van der Waals surface area contributed by atoms with Gasteiger partial charge in [0.25, 0.3) is 0 Å². The molecule has 1 rings (SSSR count). The fourth-order valence-electron chi connectivity index (χ4n) is 1.32. The third-order valence-corrected chi connectivity index (χ3v) is 2.11. The summed E-state index contributed by atoms with van der Waals surface area (Å²) < 4.78 is 5.10. The molecule has 0 unspecified atom stereocenters. The highest BCUT2D eigenvalue weighted by molar-refractivity contribution is 5.68. The first-order valence-electron chi connectivity index (χ1n) is 6.04. The van der Waals surface area contributed by atoms with Crippen LogP contribution in [0.15, 0.2) is 30.3 Å². The first-order valence-corrected chi connectivity index (χ1v) is 6.04. The molecule has 4 nitrogen and oxygen atoms in total. The van der Waals surface area contributed by atoms with Gasteiger partial charge in [-0.1, -0.05) is 24.3 Å². The molecule has 0 aliphatic rings. The van der Waals surface area contributed by atoms with Gasteiger partial charge in [-0.15, -0.1) is 0 Å². The molecule has 0 saturated carbocycles. The number of hydrogen-bond acceptors (Lipinski definition) is 3. The second kappa shape index (κ2) is 6.60.